The average molecular weight is 278 g/mol. The lowest BCUT2D eigenvalue weighted by molar-refractivity contribution is 0.130. The van der Waals surface area contributed by atoms with Gasteiger partial charge < -0.3 is 20.5 Å². The van der Waals surface area contributed by atoms with Gasteiger partial charge in [0.05, 0.1) is 13.7 Å². The lowest BCUT2D eigenvalue weighted by Crippen LogP contribution is -2.40. The third-order valence-corrected chi connectivity index (χ3v) is 3.97. The number of hydrogen-bond acceptors (Lipinski definition) is 3. The molecule has 1 aromatic rings. The van der Waals surface area contributed by atoms with E-state index in [0.717, 1.165) is 31.4 Å². The SMILES string of the molecule is COc1ccc(NC(=O)NCC2(CO)CCCC2)cc1. The number of aliphatic hydroxyl groups excluding tert-OH is 1. The summed E-state index contributed by atoms with van der Waals surface area (Å²) in [6, 6.07) is 6.92. The van der Waals surface area contributed by atoms with Crippen molar-refractivity contribution in [1.29, 1.82) is 0 Å². The summed E-state index contributed by atoms with van der Waals surface area (Å²) in [5.41, 5.74) is 0.588. The molecular weight excluding hydrogens is 256 g/mol. The van der Waals surface area contributed by atoms with E-state index in [2.05, 4.69) is 10.6 Å². The fourth-order valence-electron chi connectivity index (χ4n) is 2.63. The molecule has 0 aliphatic heterocycles. The fraction of sp³-hybridized carbons (Fsp3) is 0.533. The van der Waals surface area contributed by atoms with Gasteiger partial charge in [-0.1, -0.05) is 12.8 Å². The number of benzene rings is 1. The molecule has 1 aromatic carbocycles. The van der Waals surface area contributed by atoms with E-state index in [-0.39, 0.29) is 18.1 Å². The van der Waals surface area contributed by atoms with Crippen molar-refractivity contribution in [2.24, 2.45) is 5.41 Å². The number of anilines is 1. The van der Waals surface area contributed by atoms with Crippen molar-refractivity contribution in [3.63, 3.8) is 0 Å². The van der Waals surface area contributed by atoms with Crippen LogP contribution in [0.4, 0.5) is 10.5 Å². The van der Waals surface area contributed by atoms with Gasteiger partial charge in [-0.25, -0.2) is 4.79 Å². The van der Waals surface area contributed by atoms with Crippen LogP contribution in [-0.2, 0) is 0 Å². The summed E-state index contributed by atoms with van der Waals surface area (Å²) in [5.74, 6) is 0.751. The maximum absolute atomic E-state index is 11.8. The number of carbonyl (C=O) groups is 1. The summed E-state index contributed by atoms with van der Waals surface area (Å²) in [7, 11) is 1.60. The van der Waals surface area contributed by atoms with Crippen LogP contribution < -0.4 is 15.4 Å². The van der Waals surface area contributed by atoms with Crippen molar-refractivity contribution < 1.29 is 14.6 Å². The summed E-state index contributed by atoms with van der Waals surface area (Å²) in [4.78, 5) is 11.8. The van der Waals surface area contributed by atoms with Crippen molar-refractivity contribution in [3.05, 3.63) is 24.3 Å². The van der Waals surface area contributed by atoms with Gasteiger partial charge >= 0.3 is 6.03 Å². The summed E-state index contributed by atoms with van der Waals surface area (Å²) >= 11 is 0. The number of aliphatic hydroxyl groups is 1. The molecule has 1 saturated carbocycles. The molecule has 0 radical (unpaired) electrons. The van der Waals surface area contributed by atoms with Gasteiger partial charge in [-0.15, -0.1) is 0 Å². The number of amides is 2. The number of urea groups is 1. The molecule has 0 aromatic heterocycles. The Morgan fingerprint density at radius 2 is 1.95 bits per heavy atom. The second-order valence-electron chi connectivity index (χ2n) is 5.40. The van der Waals surface area contributed by atoms with Gasteiger partial charge in [0.1, 0.15) is 5.75 Å². The van der Waals surface area contributed by atoms with E-state index in [1.54, 1.807) is 31.4 Å². The first kappa shape index (κ1) is 14.7. The predicted molar refractivity (Wildman–Crippen MR) is 78.0 cm³/mol. The molecular formula is C15H22N2O3. The number of methoxy groups -OCH3 is 1. The molecule has 5 nitrogen and oxygen atoms in total. The van der Waals surface area contributed by atoms with Gasteiger partial charge in [0.2, 0.25) is 0 Å². The van der Waals surface area contributed by atoms with Crippen LogP contribution in [0.25, 0.3) is 0 Å². The highest BCUT2D eigenvalue weighted by molar-refractivity contribution is 5.89. The highest BCUT2D eigenvalue weighted by Crippen LogP contribution is 2.36. The van der Waals surface area contributed by atoms with E-state index >= 15 is 0 Å². The Balaban J connectivity index is 1.82. The maximum Gasteiger partial charge on any atom is 0.319 e. The van der Waals surface area contributed by atoms with Gasteiger partial charge in [-0.05, 0) is 37.1 Å². The second kappa shape index (κ2) is 6.61. The molecule has 0 unspecified atom stereocenters. The molecule has 0 spiro atoms. The Morgan fingerprint density at radius 3 is 2.50 bits per heavy atom. The molecule has 0 bridgehead atoms. The largest absolute Gasteiger partial charge is 0.497 e. The highest BCUT2D eigenvalue weighted by atomic mass is 16.5. The van der Waals surface area contributed by atoms with Crippen LogP contribution >= 0.6 is 0 Å². The van der Waals surface area contributed by atoms with E-state index in [9.17, 15) is 9.90 Å². The molecule has 0 saturated heterocycles. The van der Waals surface area contributed by atoms with Gasteiger partial charge in [-0.2, -0.15) is 0 Å². The first-order valence-electron chi connectivity index (χ1n) is 6.97. The number of rotatable bonds is 5. The lowest BCUT2D eigenvalue weighted by Gasteiger charge is -2.26. The molecule has 2 amide bonds. The molecule has 20 heavy (non-hydrogen) atoms. The summed E-state index contributed by atoms with van der Waals surface area (Å²) in [5, 5.41) is 15.1. The standard InChI is InChI=1S/C15H22N2O3/c1-20-13-6-4-12(5-7-13)17-14(19)16-10-15(11-18)8-2-3-9-15/h4-7,18H,2-3,8-11H2,1H3,(H2,16,17,19). The Kier molecular flexibility index (Phi) is 4.84. The van der Waals surface area contributed by atoms with Crippen LogP contribution in [0.5, 0.6) is 5.75 Å². The van der Waals surface area contributed by atoms with Crippen LogP contribution in [-0.4, -0.2) is 31.4 Å². The average Bonchev–Trinajstić information content (AvgIpc) is 2.95. The predicted octanol–water partition coefficient (Wildman–Crippen LogP) is 2.37. The van der Waals surface area contributed by atoms with E-state index in [1.165, 1.54) is 0 Å². The molecule has 0 atom stereocenters. The number of ether oxygens (including phenoxy) is 1. The zero-order valence-electron chi connectivity index (χ0n) is 11.8. The van der Waals surface area contributed by atoms with Crippen LogP contribution in [0.3, 0.4) is 0 Å². The molecule has 1 aliphatic carbocycles. The first-order valence-corrected chi connectivity index (χ1v) is 6.97. The smallest absolute Gasteiger partial charge is 0.319 e. The highest BCUT2D eigenvalue weighted by Gasteiger charge is 2.33. The second-order valence-corrected chi connectivity index (χ2v) is 5.40. The lowest BCUT2D eigenvalue weighted by atomic mass is 9.87. The Hall–Kier alpha value is -1.75. The zero-order chi connectivity index (χ0) is 14.4. The quantitative estimate of drug-likeness (QED) is 0.774. The van der Waals surface area contributed by atoms with Crippen molar-refractivity contribution in [2.75, 3.05) is 25.6 Å². The Bertz CT molecular complexity index is 439. The Labute approximate surface area is 119 Å². The van der Waals surface area contributed by atoms with Crippen LogP contribution in [0.1, 0.15) is 25.7 Å². The van der Waals surface area contributed by atoms with Gasteiger partial charge in [0.25, 0.3) is 0 Å². The summed E-state index contributed by atoms with van der Waals surface area (Å²) < 4.78 is 5.06. The first-order chi connectivity index (χ1) is 9.67. The van der Waals surface area contributed by atoms with Crippen LogP contribution in [0.2, 0.25) is 0 Å². The summed E-state index contributed by atoms with van der Waals surface area (Å²) in [6.07, 6.45) is 4.21. The molecule has 5 heteroatoms. The molecule has 1 aliphatic rings. The fourth-order valence-corrected chi connectivity index (χ4v) is 2.63. The third kappa shape index (κ3) is 3.63. The maximum atomic E-state index is 11.8. The topological polar surface area (TPSA) is 70.6 Å². The molecule has 2 rings (SSSR count). The van der Waals surface area contributed by atoms with Crippen molar-refractivity contribution >= 4 is 11.7 Å². The van der Waals surface area contributed by atoms with E-state index in [4.69, 9.17) is 4.74 Å². The van der Waals surface area contributed by atoms with Crippen LogP contribution in [0, 0.1) is 5.41 Å². The zero-order valence-corrected chi connectivity index (χ0v) is 11.8. The number of hydrogen-bond donors (Lipinski definition) is 3. The van der Waals surface area contributed by atoms with Crippen molar-refractivity contribution in [3.8, 4) is 5.75 Å². The number of carbonyl (C=O) groups excluding carboxylic acids is 1. The van der Waals surface area contributed by atoms with Crippen molar-refractivity contribution in [1.82, 2.24) is 5.32 Å². The molecule has 1 fully saturated rings. The molecule has 110 valence electrons. The normalized spacial score (nSPS) is 16.7. The van der Waals surface area contributed by atoms with Crippen LogP contribution in [0.15, 0.2) is 24.3 Å². The minimum atomic E-state index is -0.241. The molecule has 3 N–H and O–H groups in total. The monoisotopic (exact) mass is 278 g/mol. The molecule has 0 heterocycles. The van der Waals surface area contributed by atoms with E-state index in [1.807, 2.05) is 0 Å². The number of nitrogens with one attached hydrogen (secondary N) is 2. The summed E-state index contributed by atoms with van der Waals surface area (Å²) in [6.45, 7) is 0.654. The van der Waals surface area contributed by atoms with E-state index < -0.39 is 0 Å². The van der Waals surface area contributed by atoms with Gasteiger partial charge in [0, 0.05) is 17.6 Å². The minimum Gasteiger partial charge on any atom is -0.497 e. The van der Waals surface area contributed by atoms with E-state index in [0.29, 0.717) is 12.2 Å². The van der Waals surface area contributed by atoms with Gasteiger partial charge in [-0.3, -0.25) is 0 Å². The third-order valence-electron chi connectivity index (χ3n) is 3.97. The van der Waals surface area contributed by atoms with Gasteiger partial charge in [0.15, 0.2) is 0 Å². The minimum absolute atomic E-state index is 0.128. The van der Waals surface area contributed by atoms with Crippen molar-refractivity contribution in [2.45, 2.75) is 25.7 Å². The Morgan fingerprint density at radius 1 is 1.30 bits per heavy atom.